The number of nitrogens with one attached hydrogen (secondary N) is 1. The van der Waals surface area contributed by atoms with E-state index in [1.807, 2.05) is 31.2 Å². The van der Waals surface area contributed by atoms with Gasteiger partial charge in [-0.2, -0.15) is 0 Å². The number of carbonyl (C=O) groups is 1. The lowest BCUT2D eigenvalue weighted by Gasteiger charge is -2.14. The predicted molar refractivity (Wildman–Crippen MR) is 81.7 cm³/mol. The third kappa shape index (κ3) is 6.57. The van der Waals surface area contributed by atoms with E-state index in [1.165, 1.54) is 5.56 Å². The van der Waals surface area contributed by atoms with Crippen LogP contribution in [0.15, 0.2) is 24.3 Å². The Hall–Kier alpha value is -1.55. The van der Waals surface area contributed by atoms with Crippen molar-refractivity contribution in [3.05, 3.63) is 29.8 Å². The minimum absolute atomic E-state index is 0.0750. The highest BCUT2D eigenvalue weighted by Crippen LogP contribution is 2.11. The highest BCUT2D eigenvalue weighted by molar-refractivity contribution is 5.81. The lowest BCUT2D eigenvalue weighted by atomic mass is 10.0. The summed E-state index contributed by atoms with van der Waals surface area (Å²) < 4.78 is 5.59. The Bertz CT molecular complexity index is 401. The summed E-state index contributed by atoms with van der Waals surface area (Å²) in [6.07, 6.45) is 1.49. The topological polar surface area (TPSA) is 64.3 Å². The van der Waals surface area contributed by atoms with Gasteiger partial charge in [0.25, 0.3) is 0 Å². The van der Waals surface area contributed by atoms with Crippen molar-refractivity contribution in [2.45, 2.75) is 39.7 Å². The van der Waals surface area contributed by atoms with Crippen LogP contribution in [-0.4, -0.2) is 25.1 Å². The van der Waals surface area contributed by atoms with E-state index in [9.17, 15) is 4.79 Å². The Morgan fingerprint density at radius 3 is 2.55 bits per heavy atom. The first-order valence-corrected chi connectivity index (χ1v) is 7.22. The number of ether oxygens (including phenoxy) is 1. The normalized spacial score (nSPS) is 12.2. The zero-order valence-corrected chi connectivity index (χ0v) is 12.7. The van der Waals surface area contributed by atoms with Gasteiger partial charge in [-0.1, -0.05) is 31.5 Å². The lowest BCUT2D eigenvalue weighted by Crippen LogP contribution is -2.41. The average Bonchev–Trinajstić information content (AvgIpc) is 2.39. The van der Waals surface area contributed by atoms with Crippen molar-refractivity contribution < 1.29 is 9.53 Å². The van der Waals surface area contributed by atoms with Gasteiger partial charge >= 0.3 is 0 Å². The minimum Gasteiger partial charge on any atom is -0.494 e. The Balaban J connectivity index is 2.12. The highest BCUT2D eigenvalue weighted by atomic mass is 16.5. The van der Waals surface area contributed by atoms with Crippen LogP contribution in [0.2, 0.25) is 0 Å². The molecule has 0 saturated carbocycles. The predicted octanol–water partition coefficient (Wildman–Crippen LogP) is 2.25. The van der Waals surface area contributed by atoms with Gasteiger partial charge in [0, 0.05) is 6.54 Å². The molecule has 0 aromatic heterocycles. The Morgan fingerprint density at radius 2 is 1.95 bits per heavy atom. The fourth-order valence-electron chi connectivity index (χ4n) is 1.85. The third-order valence-corrected chi connectivity index (χ3v) is 2.97. The summed E-state index contributed by atoms with van der Waals surface area (Å²) in [5.74, 6) is 1.22. The summed E-state index contributed by atoms with van der Waals surface area (Å²) >= 11 is 0. The molecule has 0 bridgehead atoms. The quantitative estimate of drug-likeness (QED) is 0.717. The van der Waals surface area contributed by atoms with Crippen LogP contribution in [0.3, 0.4) is 0 Å². The number of carbonyl (C=O) groups excluding carboxylic acids is 1. The molecule has 0 fully saturated rings. The van der Waals surface area contributed by atoms with Crippen molar-refractivity contribution in [2.24, 2.45) is 11.7 Å². The first kappa shape index (κ1) is 16.5. The summed E-state index contributed by atoms with van der Waals surface area (Å²) in [4.78, 5) is 11.7. The van der Waals surface area contributed by atoms with Gasteiger partial charge in [-0.25, -0.2) is 0 Å². The zero-order valence-electron chi connectivity index (χ0n) is 12.7. The maximum atomic E-state index is 11.7. The monoisotopic (exact) mass is 278 g/mol. The van der Waals surface area contributed by atoms with Crippen LogP contribution >= 0.6 is 0 Å². The van der Waals surface area contributed by atoms with Gasteiger partial charge < -0.3 is 15.8 Å². The second-order valence-electron chi connectivity index (χ2n) is 5.54. The third-order valence-electron chi connectivity index (χ3n) is 2.97. The number of hydrogen-bond donors (Lipinski definition) is 2. The molecule has 1 rings (SSSR count). The van der Waals surface area contributed by atoms with Crippen LogP contribution < -0.4 is 15.8 Å². The fourth-order valence-corrected chi connectivity index (χ4v) is 1.85. The van der Waals surface area contributed by atoms with Gasteiger partial charge in [-0.15, -0.1) is 0 Å². The number of benzene rings is 1. The van der Waals surface area contributed by atoms with Crippen LogP contribution in [-0.2, 0) is 4.79 Å². The molecule has 4 nitrogen and oxygen atoms in total. The number of aryl methyl sites for hydroxylation is 1. The van der Waals surface area contributed by atoms with E-state index in [0.29, 0.717) is 25.5 Å². The van der Waals surface area contributed by atoms with E-state index in [0.717, 1.165) is 12.2 Å². The SMILES string of the molecule is Cc1ccc(OCCCNC(=O)[C@@H](N)CC(C)C)cc1. The number of amides is 1. The second-order valence-corrected chi connectivity index (χ2v) is 5.54. The van der Waals surface area contributed by atoms with Crippen molar-refractivity contribution in [1.82, 2.24) is 5.32 Å². The van der Waals surface area contributed by atoms with Crippen molar-refractivity contribution in [2.75, 3.05) is 13.2 Å². The maximum absolute atomic E-state index is 11.7. The minimum atomic E-state index is -0.409. The molecule has 1 atom stereocenters. The molecular weight excluding hydrogens is 252 g/mol. The van der Waals surface area contributed by atoms with Crippen molar-refractivity contribution in [1.29, 1.82) is 0 Å². The van der Waals surface area contributed by atoms with E-state index < -0.39 is 6.04 Å². The van der Waals surface area contributed by atoms with E-state index in [2.05, 4.69) is 19.2 Å². The molecular formula is C16H26N2O2. The van der Waals surface area contributed by atoms with Crippen LogP contribution in [0.25, 0.3) is 0 Å². The zero-order chi connectivity index (χ0) is 15.0. The Kier molecular flexibility index (Phi) is 7.09. The van der Waals surface area contributed by atoms with Crippen LogP contribution in [0.5, 0.6) is 5.75 Å². The Morgan fingerprint density at radius 1 is 1.30 bits per heavy atom. The van der Waals surface area contributed by atoms with Crippen molar-refractivity contribution in [3.63, 3.8) is 0 Å². The fraction of sp³-hybridized carbons (Fsp3) is 0.562. The van der Waals surface area contributed by atoms with Gasteiger partial charge in [0.1, 0.15) is 5.75 Å². The molecule has 1 aromatic rings. The van der Waals surface area contributed by atoms with E-state index in [-0.39, 0.29) is 5.91 Å². The maximum Gasteiger partial charge on any atom is 0.236 e. The lowest BCUT2D eigenvalue weighted by molar-refractivity contribution is -0.122. The van der Waals surface area contributed by atoms with Crippen LogP contribution in [0.4, 0.5) is 0 Å². The van der Waals surface area contributed by atoms with Crippen molar-refractivity contribution >= 4 is 5.91 Å². The van der Waals surface area contributed by atoms with E-state index in [1.54, 1.807) is 0 Å². The van der Waals surface area contributed by atoms with Gasteiger partial charge in [-0.3, -0.25) is 4.79 Å². The molecule has 0 aliphatic carbocycles. The molecule has 1 amide bonds. The van der Waals surface area contributed by atoms with E-state index in [4.69, 9.17) is 10.5 Å². The summed E-state index contributed by atoms with van der Waals surface area (Å²) in [6, 6.07) is 7.52. The van der Waals surface area contributed by atoms with Gasteiger partial charge in [0.15, 0.2) is 0 Å². The molecule has 0 radical (unpaired) electrons. The van der Waals surface area contributed by atoms with Crippen LogP contribution in [0, 0.1) is 12.8 Å². The largest absolute Gasteiger partial charge is 0.494 e. The molecule has 0 unspecified atom stereocenters. The van der Waals surface area contributed by atoms with Gasteiger partial charge in [-0.05, 0) is 37.8 Å². The molecule has 3 N–H and O–H groups in total. The first-order valence-electron chi connectivity index (χ1n) is 7.22. The number of nitrogens with two attached hydrogens (primary N) is 1. The molecule has 0 saturated heterocycles. The summed E-state index contributed by atoms with van der Waals surface area (Å²) in [7, 11) is 0. The number of hydrogen-bond acceptors (Lipinski definition) is 3. The first-order chi connectivity index (χ1) is 9.49. The van der Waals surface area contributed by atoms with Gasteiger partial charge in [0.05, 0.1) is 12.6 Å². The van der Waals surface area contributed by atoms with E-state index >= 15 is 0 Å². The molecule has 4 heteroatoms. The number of rotatable bonds is 8. The second kappa shape index (κ2) is 8.59. The molecule has 112 valence electrons. The molecule has 0 heterocycles. The standard InChI is InChI=1S/C16H26N2O2/c1-12(2)11-15(17)16(19)18-9-4-10-20-14-7-5-13(3)6-8-14/h5-8,12,15H,4,9-11,17H2,1-3H3,(H,18,19)/t15-/m0/s1. The molecule has 20 heavy (non-hydrogen) atoms. The molecule has 1 aromatic carbocycles. The van der Waals surface area contributed by atoms with Gasteiger partial charge in [0.2, 0.25) is 5.91 Å². The summed E-state index contributed by atoms with van der Waals surface area (Å²) in [6.45, 7) is 7.34. The average molecular weight is 278 g/mol. The molecule has 0 aliphatic rings. The van der Waals surface area contributed by atoms with Crippen molar-refractivity contribution in [3.8, 4) is 5.75 Å². The highest BCUT2D eigenvalue weighted by Gasteiger charge is 2.13. The molecule has 0 spiro atoms. The van der Waals surface area contributed by atoms with Crippen LogP contribution in [0.1, 0.15) is 32.3 Å². The summed E-state index contributed by atoms with van der Waals surface area (Å²) in [5, 5.41) is 2.84. The molecule has 0 aliphatic heterocycles. The summed E-state index contributed by atoms with van der Waals surface area (Å²) in [5.41, 5.74) is 7.01. The smallest absolute Gasteiger partial charge is 0.236 e. The Labute approximate surface area is 121 Å².